The van der Waals surface area contributed by atoms with Crippen molar-refractivity contribution in [3.8, 4) is 0 Å². The van der Waals surface area contributed by atoms with E-state index in [2.05, 4.69) is 55.4 Å². The first kappa shape index (κ1) is 41.3. The maximum absolute atomic E-state index is 14.2. The van der Waals surface area contributed by atoms with Gasteiger partial charge in [0, 0.05) is 13.3 Å². The summed E-state index contributed by atoms with van der Waals surface area (Å²) < 4.78 is 46.9. The third-order valence-corrected chi connectivity index (χ3v) is 19.6. The number of hydrogen-bond acceptors (Lipinski definition) is 11. The van der Waals surface area contributed by atoms with Crippen molar-refractivity contribution >= 4 is 29.1 Å². The average molecular weight is 729 g/mol. The van der Waals surface area contributed by atoms with Crippen LogP contribution in [-0.4, -0.2) is 70.2 Å². The van der Waals surface area contributed by atoms with Crippen LogP contribution in [0, 0.1) is 10.8 Å². The number of carbonyl (C=O) groups is 2. The Morgan fingerprint density at radius 2 is 1.33 bits per heavy atom. The summed E-state index contributed by atoms with van der Waals surface area (Å²) in [4.78, 5) is 53.1. The van der Waals surface area contributed by atoms with Gasteiger partial charge in [0.15, 0.2) is 13.5 Å². The minimum absolute atomic E-state index is 0.0462. The fraction of sp³-hybridized carbons (Fsp3) is 0.824. The predicted octanol–water partition coefficient (Wildman–Crippen LogP) is 5.51. The number of carbonyl (C=O) groups excluding carboxylic acids is 2. The number of aromatic nitrogens is 2. The van der Waals surface area contributed by atoms with Gasteiger partial charge in [-0.05, 0) is 63.7 Å². The summed E-state index contributed by atoms with van der Waals surface area (Å²) in [5.74, 6) is -1.14. The standard InChI is InChI=1S/C34H60N2O11Si2/c1-20(2)48(21(3)4)44-17-25-27(46-49(47-48,22(5)6)23(7)8)28(41-15)26(45-25)24-16-35(18-42-30(38)33(9,10)11)32(40)36(29(24)37)19-43-31(39)34(12,13)14/h16,20-23,25-28H,17-19H2,1-15H3/t25-,26+,27-,28+/m1/s1. The molecule has 280 valence electrons. The maximum atomic E-state index is 14.2. The number of esters is 2. The van der Waals surface area contributed by atoms with Crippen molar-refractivity contribution in [3.63, 3.8) is 0 Å². The predicted molar refractivity (Wildman–Crippen MR) is 188 cm³/mol. The second-order valence-electron chi connectivity index (χ2n) is 16.5. The van der Waals surface area contributed by atoms with Crippen LogP contribution in [-0.2, 0) is 55.0 Å². The Labute approximate surface area is 293 Å². The molecule has 3 rings (SSSR count). The van der Waals surface area contributed by atoms with Crippen LogP contribution in [0.4, 0.5) is 0 Å². The minimum Gasteiger partial charge on any atom is -0.443 e. The van der Waals surface area contributed by atoms with Gasteiger partial charge in [0.05, 0.1) is 23.0 Å². The van der Waals surface area contributed by atoms with E-state index in [9.17, 15) is 19.2 Å². The molecule has 0 N–H and O–H groups in total. The summed E-state index contributed by atoms with van der Waals surface area (Å²) in [7, 11) is -4.42. The molecule has 2 aliphatic heterocycles. The highest BCUT2D eigenvalue weighted by atomic mass is 28.5. The van der Waals surface area contributed by atoms with Gasteiger partial charge in [-0.1, -0.05) is 55.4 Å². The molecular formula is C34H60N2O11Si2. The molecule has 0 unspecified atom stereocenters. The number of methoxy groups -OCH3 is 1. The van der Waals surface area contributed by atoms with E-state index in [0.717, 1.165) is 9.13 Å². The number of rotatable bonds is 10. The molecule has 4 atom stereocenters. The maximum Gasteiger partial charge on any atom is 0.336 e. The Bertz CT molecular complexity index is 1440. The molecule has 0 amide bonds. The Morgan fingerprint density at radius 1 is 0.837 bits per heavy atom. The van der Waals surface area contributed by atoms with E-state index in [1.54, 1.807) is 41.5 Å². The molecule has 2 aliphatic rings. The molecule has 0 aliphatic carbocycles. The SMILES string of the molecule is CO[C@@H]1[C@@H]2O[Si](C(C)C)(C(C)C)O[Si](C(C)C)(C(C)C)OC[C@H]2O[C@H]1c1cn(COC(=O)C(C)(C)C)c(=O)n(COC(=O)C(C)(C)C)c1=O. The normalized spacial score (nSPS) is 24.2. The van der Waals surface area contributed by atoms with Crippen molar-refractivity contribution in [2.75, 3.05) is 13.7 Å². The van der Waals surface area contributed by atoms with E-state index in [4.69, 9.17) is 31.9 Å². The number of fused-ring (bicyclic) bond motifs is 1. The van der Waals surface area contributed by atoms with Crippen LogP contribution in [0.2, 0.25) is 22.2 Å². The molecular weight excluding hydrogens is 669 g/mol. The average Bonchev–Trinajstić information content (AvgIpc) is 3.30. The molecule has 2 fully saturated rings. The zero-order valence-corrected chi connectivity index (χ0v) is 34.2. The quantitative estimate of drug-likeness (QED) is 0.222. The largest absolute Gasteiger partial charge is 0.443 e. The molecule has 0 radical (unpaired) electrons. The highest BCUT2D eigenvalue weighted by Crippen LogP contribution is 2.49. The van der Waals surface area contributed by atoms with Crippen LogP contribution in [0.25, 0.3) is 0 Å². The third kappa shape index (κ3) is 8.34. The molecule has 0 aromatic carbocycles. The van der Waals surface area contributed by atoms with E-state index < -0.39 is 89.0 Å². The molecule has 0 spiro atoms. The fourth-order valence-electron chi connectivity index (χ4n) is 6.41. The van der Waals surface area contributed by atoms with Crippen LogP contribution >= 0.6 is 0 Å². The lowest BCUT2D eigenvalue weighted by molar-refractivity contribution is -0.157. The third-order valence-electron chi connectivity index (χ3n) is 9.37. The summed E-state index contributed by atoms with van der Waals surface area (Å²) >= 11 is 0. The van der Waals surface area contributed by atoms with Crippen LogP contribution < -0.4 is 11.2 Å². The number of hydrogen-bond donors (Lipinski definition) is 0. The highest BCUT2D eigenvalue weighted by molar-refractivity contribution is 6.84. The van der Waals surface area contributed by atoms with Crippen LogP contribution in [0.15, 0.2) is 15.8 Å². The van der Waals surface area contributed by atoms with Gasteiger partial charge in [0.25, 0.3) is 5.56 Å². The van der Waals surface area contributed by atoms with Gasteiger partial charge in [-0.3, -0.25) is 19.0 Å². The lowest BCUT2D eigenvalue weighted by atomic mass is 9.97. The van der Waals surface area contributed by atoms with Crippen molar-refractivity contribution in [2.24, 2.45) is 10.8 Å². The van der Waals surface area contributed by atoms with Crippen LogP contribution in [0.3, 0.4) is 0 Å². The first-order valence-corrected chi connectivity index (χ1v) is 21.3. The molecule has 49 heavy (non-hydrogen) atoms. The lowest BCUT2D eigenvalue weighted by Crippen LogP contribution is -2.65. The smallest absolute Gasteiger partial charge is 0.336 e. The van der Waals surface area contributed by atoms with Crippen molar-refractivity contribution < 1.29 is 41.5 Å². The van der Waals surface area contributed by atoms with E-state index >= 15 is 0 Å². The lowest BCUT2D eigenvalue weighted by Gasteiger charge is -2.51. The Kier molecular flexibility index (Phi) is 12.8. The minimum atomic E-state index is -3.06. The molecule has 1 aromatic rings. The van der Waals surface area contributed by atoms with Gasteiger partial charge >= 0.3 is 34.8 Å². The second kappa shape index (κ2) is 15.2. The van der Waals surface area contributed by atoms with Gasteiger partial charge in [-0.2, -0.15) is 0 Å². The van der Waals surface area contributed by atoms with Crippen molar-refractivity contribution in [2.45, 2.75) is 157 Å². The van der Waals surface area contributed by atoms with E-state index in [0.29, 0.717) is 0 Å². The molecule has 15 heteroatoms. The summed E-state index contributed by atoms with van der Waals surface area (Å²) in [5.41, 5.74) is -2.87. The van der Waals surface area contributed by atoms with E-state index in [1.807, 2.05) is 0 Å². The van der Waals surface area contributed by atoms with Crippen molar-refractivity contribution in [1.82, 2.24) is 9.13 Å². The topological polar surface area (TPSA) is 143 Å². The molecule has 13 nitrogen and oxygen atoms in total. The van der Waals surface area contributed by atoms with E-state index in [1.165, 1.54) is 13.3 Å². The Balaban J connectivity index is 2.20. The van der Waals surface area contributed by atoms with Gasteiger partial charge in [0.2, 0.25) is 0 Å². The molecule has 0 bridgehead atoms. The molecule has 1 aromatic heterocycles. The second-order valence-corrected chi connectivity index (χ2v) is 25.4. The zero-order chi connectivity index (χ0) is 37.4. The van der Waals surface area contributed by atoms with Gasteiger partial charge in [0.1, 0.15) is 24.4 Å². The van der Waals surface area contributed by atoms with Gasteiger partial charge < -0.3 is 31.9 Å². The van der Waals surface area contributed by atoms with E-state index in [-0.39, 0.29) is 34.3 Å². The molecule has 0 saturated carbocycles. The fourth-order valence-corrected chi connectivity index (χ4v) is 17.6. The first-order chi connectivity index (χ1) is 22.4. The van der Waals surface area contributed by atoms with Crippen LogP contribution in [0.1, 0.15) is 109 Å². The molecule has 2 saturated heterocycles. The summed E-state index contributed by atoms with van der Waals surface area (Å²) in [5, 5.41) is 0. The summed E-state index contributed by atoms with van der Waals surface area (Å²) in [6.45, 7) is 26.1. The monoisotopic (exact) mass is 728 g/mol. The summed E-state index contributed by atoms with van der Waals surface area (Å²) in [6.07, 6.45) is -1.77. The van der Waals surface area contributed by atoms with Crippen LogP contribution in [0.5, 0.6) is 0 Å². The number of ether oxygens (including phenoxy) is 4. The van der Waals surface area contributed by atoms with Crippen molar-refractivity contribution in [3.05, 3.63) is 32.6 Å². The zero-order valence-electron chi connectivity index (χ0n) is 32.2. The molecule has 3 heterocycles. The number of nitrogens with zero attached hydrogens (tertiary/aromatic N) is 2. The van der Waals surface area contributed by atoms with Gasteiger partial charge in [-0.15, -0.1) is 0 Å². The summed E-state index contributed by atoms with van der Waals surface area (Å²) in [6, 6.07) is 0. The Morgan fingerprint density at radius 3 is 1.78 bits per heavy atom. The highest BCUT2D eigenvalue weighted by Gasteiger charge is 2.62. The van der Waals surface area contributed by atoms with Gasteiger partial charge in [-0.25, -0.2) is 9.36 Å². The van der Waals surface area contributed by atoms with Crippen molar-refractivity contribution in [1.29, 1.82) is 0 Å². The first-order valence-electron chi connectivity index (χ1n) is 17.3. The Hall–Kier alpha value is -2.15.